The van der Waals surface area contributed by atoms with Gasteiger partial charge in [0, 0.05) is 12.6 Å². The van der Waals surface area contributed by atoms with Crippen LogP contribution in [-0.2, 0) is 14.4 Å². The maximum atomic E-state index is 13.0. The Morgan fingerprint density at radius 2 is 1.84 bits per heavy atom. The van der Waals surface area contributed by atoms with E-state index in [1.54, 1.807) is 19.1 Å². The van der Waals surface area contributed by atoms with Gasteiger partial charge in [-0.15, -0.1) is 0 Å². The van der Waals surface area contributed by atoms with Crippen molar-refractivity contribution >= 4 is 46.5 Å². The van der Waals surface area contributed by atoms with Crippen molar-refractivity contribution in [2.45, 2.75) is 13.8 Å². The fourth-order valence-corrected chi connectivity index (χ4v) is 3.63. The van der Waals surface area contributed by atoms with E-state index >= 15 is 0 Å². The highest BCUT2D eigenvalue weighted by molar-refractivity contribution is 8.18. The van der Waals surface area contributed by atoms with Gasteiger partial charge in [-0.2, -0.15) is 0 Å². The molecule has 166 valence electrons. The molecule has 10 heteroatoms. The molecule has 0 radical (unpaired) electrons. The molecular formula is C22H19FN2O6S. The lowest BCUT2D eigenvalue weighted by molar-refractivity contribution is -0.132. The van der Waals surface area contributed by atoms with Gasteiger partial charge < -0.3 is 14.8 Å². The average molecular weight is 458 g/mol. The van der Waals surface area contributed by atoms with Crippen LogP contribution in [0, 0.1) is 5.82 Å². The van der Waals surface area contributed by atoms with Crippen molar-refractivity contribution < 1.29 is 33.0 Å². The topological polar surface area (TPSA) is 102 Å². The predicted molar refractivity (Wildman–Crippen MR) is 117 cm³/mol. The standard InChI is InChI=1S/C22H19FN2O6S/c1-3-30-18-10-14(4-9-17(18)31-13(2)26)11-19-21(28)25(22(29)32-19)12-20(27)24-16-7-5-15(23)6-8-16/h4-11H,3,12H2,1-2H3,(H,24,27)/b19-11+. The van der Waals surface area contributed by atoms with Crippen molar-refractivity contribution in [3.63, 3.8) is 0 Å². The Hall–Kier alpha value is -3.66. The van der Waals surface area contributed by atoms with Crippen LogP contribution in [0.4, 0.5) is 14.9 Å². The lowest BCUT2D eigenvalue weighted by Gasteiger charge is -2.12. The number of thioether (sulfide) groups is 1. The monoisotopic (exact) mass is 458 g/mol. The smallest absolute Gasteiger partial charge is 0.308 e. The van der Waals surface area contributed by atoms with Gasteiger partial charge in [-0.25, -0.2) is 4.39 Å². The number of carbonyl (C=O) groups excluding carboxylic acids is 4. The summed E-state index contributed by atoms with van der Waals surface area (Å²) in [5.41, 5.74) is 0.890. The second-order valence-electron chi connectivity index (χ2n) is 6.56. The van der Waals surface area contributed by atoms with E-state index in [1.165, 1.54) is 43.3 Å². The van der Waals surface area contributed by atoms with Gasteiger partial charge in [-0.3, -0.25) is 24.1 Å². The highest BCUT2D eigenvalue weighted by atomic mass is 32.2. The molecular weight excluding hydrogens is 439 g/mol. The van der Waals surface area contributed by atoms with E-state index in [0.29, 0.717) is 35.4 Å². The van der Waals surface area contributed by atoms with Crippen LogP contribution in [0.15, 0.2) is 47.4 Å². The molecule has 0 aromatic heterocycles. The molecule has 8 nitrogen and oxygen atoms in total. The molecule has 0 bridgehead atoms. The lowest BCUT2D eigenvalue weighted by atomic mass is 10.2. The zero-order chi connectivity index (χ0) is 23.3. The van der Waals surface area contributed by atoms with Crippen LogP contribution in [0.5, 0.6) is 11.5 Å². The molecule has 1 saturated heterocycles. The minimum Gasteiger partial charge on any atom is -0.490 e. The lowest BCUT2D eigenvalue weighted by Crippen LogP contribution is -2.36. The SMILES string of the molecule is CCOc1cc(/C=C2/SC(=O)N(CC(=O)Nc3ccc(F)cc3)C2=O)ccc1OC(C)=O. The summed E-state index contributed by atoms with van der Waals surface area (Å²) in [6, 6.07) is 9.82. The van der Waals surface area contributed by atoms with E-state index in [1.807, 2.05) is 0 Å². The van der Waals surface area contributed by atoms with Crippen molar-refractivity contribution in [1.29, 1.82) is 0 Å². The highest BCUT2D eigenvalue weighted by Gasteiger charge is 2.36. The Balaban J connectivity index is 1.73. The van der Waals surface area contributed by atoms with Crippen LogP contribution >= 0.6 is 11.8 Å². The van der Waals surface area contributed by atoms with Crippen molar-refractivity contribution in [3.8, 4) is 11.5 Å². The fraction of sp³-hybridized carbons (Fsp3) is 0.182. The van der Waals surface area contributed by atoms with Gasteiger partial charge in [-0.1, -0.05) is 6.07 Å². The normalized spacial score (nSPS) is 14.6. The van der Waals surface area contributed by atoms with Crippen molar-refractivity contribution in [3.05, 3.63) is 58.8 Å². The molecule has 3 rings (SSSR count). The number of esters is 1. The number of amides is 3. The number of rotatable bonds is 7. The number of benzene rings is 2. The molecule has 32 heavy (non-hydrogen) atoms. The molecule has 0 unspecified atom stereocenters. The average Bonchev–Trinajstić information content (AvgIpc) is 2.99. The number of halogens is 1. The summed E-state index contributed by atoms with van der Waals surface area (Å²) in [6.45, 7) is 2.89. The quantitative estimate of drug-likeness (QED) is 0.382. The molecule has 0 spiro atoms. The third-order valence-corrected chi connectivity index (χ3v) is 5.03. The Morgan fingerprint density at radius 1 is 1.12 bits per heavy atom. The summed E-state index contributed by atoms with van der Waals surface area (Å²) < 4.78 is 23.5. The van der Waals surface area contributed by atoms with E-state index in [2.05, 4.69) is 5.32 Å². The first-order chi connectivity index (χ1) is 15.3. The molecule has 3 amide bonds. The molecule has 1 aliphatic heterocycles. The van der Waals surface area contributed by atoms with Crippen LogP contribution in [0.2, 0.25) is 0 Å². The Labute approximate surface area is 187 Å². The molecule has 2 aromatic carbocycles. The summed E-state index contributed by atoms with van der Waals surface area (Å²) in [5.74, 6) is -1.61. The summed E-state index contributed by atoms with van der Waals surface area (Å²) in [7, 11) is 0. The summed E-state index contributed by atoms with van der Waals surface area (Å²) >= 11 is 0.704. The van der Waals surface area contributed by atoms with Gasteiger partial charge in [0.2, 0.25) is 5.91 Å². The van der Waals surface area contributed by atoms with Gasteiger partial charge in [0.1, 0.15) is 12.4 Å². The largest absolute Gasteiger partial charge is 0.490 e. The van der Waals surface area contributed by atoms with Gasteiger partial charge in [0.05, 0.1) is 11.5 Å². The Bertz CT molecular complexity index is 1100. The second-order valence-corrected chi connectivity index (χ2v) is 7.55. The van der Waals surface area contributed by atoms with E-state index < -0.39 is 35.4 Å². The van der Waals surface area contributed by atoms with Crippen LogP contribution in [0.3, 0.4) is 0 Å². The Kier molecular flexibility index (Phi) is 7.26. The summed E-state index contributed by atoms with van der Waals surface area (Å²) in [5, 5.41) is 1.92. The van der Waals surface area contributed by atoms with Crippen molar-refractivity contribution in [1.82, 2.24) is 4.90 Å². The number of imide groups is 1. The van der Waals surface area contributed by atoms with Crippen LogP contribution < -0.4 is 14.8 Å². The second kappa shape index (κ2) is 10.1. The third-order valence-electron chi connectivity index (χ3n) is 4.12. The number of ether oxygens (including phenoxy) is 2. The summed E-state index contributed by atoms with van der Waals surface area (Å²) in [4.78, 5) is 49.3. The molecule has 1 fully saturated rings. The Morgan fingerprint density at radius 3 is 2.50 bits per heavy atom. The minimum atomic E-state index is -0.615. The van der Waals surface area contributed by atoms with E-state index in [0.717, 1.165) is 4.90 Å². The van der Waals surface area contributed by atoms with Gasteiger partial charge in [-0.05, 0) is 66.7 Å². The highest BCUT2D eigenvalue weighted by Crippen LogP contribution is 2.34. The van der Waals surface area contributed by atoms with Crippen LogP contribution in [0.1, 0.15) is 19.4 Å². The van der Waals surface area contributed by atoms with Gasteiger partial charge in [0.25, 0.3) is 11.1 Å². The number of anilines is 1. The number of nitrogens with zero attached hydrogens (tertiary/aromatic N) is 1. The fourth-order valence-electron chi connectivity index (χ4n) is 2.79. The number of hydrogen-bond acceptors (Lipinski definition) is 7. The van der Waals surface area contributed by atoms with E-state index in [-0.39, 0.29) is 10.7 Å². The van der Waals surface area contributed by atoms with E-state index in [4.69, 9.17) is 9.47 Å². The molecule has 0 aliphatic carbocycles. The van der Waals surface area contributed by atoms with Crippen molar-refractivity contribution in [2.75, 3.05) is 18.5 Å². The maximum Gasteiger partial charge on any atom is 0.308 e. The van der Waals surface area contributed by atoms with Gasteiger partial charge in [0.15, 0.2) is 11.5 Å². The van der Waals surface area contributed by atoms with E-state index in [9.17, 15) is 23.6 Å². The first-order valence-corrected chi connectivity index (χ1v) is 10.3. The first kappa shape index (κ1) is 23.0. The molecule has 0 saturated carbocycles. The number of nitrogens with one attached hydrogen (secondary N) is 1. The molecule has 1 heterocycles. The molecule has 0 atom stereocenters. The zero-order valence-corrected chi connectivity index (χ0v) is 18.0. The summed E-state index contributed by atoms with van der Waals surface area (Å²) in [6.07, 6.45) is 1.49. The van der Waals surface area contributed by atoms with Crippen LogP contribution in [0.25, 0.3) is 6.08 Å². The predicted octanol–water partition coefficient (Wildman–Crippen LogP) is 3.82. The van der Waals surface area contributed by atoms with Crippen LogP contribution in [-0.4, -0.2) is 41.1 Å². The van der Waals surface area contributed by atoms with Crippen molar-refractivity contribution in [2.24, 2.45) is 0 Å². The maximum absolute atomic E-state index is 13.0. The number of hydrogen-bond donors (Lipinski definition) is 1. The molecule has 1 aliphatic rings. The third kappa shape index (κ3) is 5.73. The zero-order valence-electron chi connectivity index (χ0n) is 17.2. The van der Waals surface area contributed by atoms with Gasteiger partial charge >= 0.3 is 5.97 Å². The molecule has 1 N–H and O–H groups in total. The number of carbonyl (C=O) groups is 4. The minimum absolute atomic E-state index is 0.132. The first-order valence-electron chi connectivity index (χ1n) is 9.53. The molecule has 2 aromatic rings.